The zero-order chi connectivity index (χ0) is 20.1. The van der Waals surface area contributed by atoms with Crippen LogP contribution < -0.4 is 5.32 Å². The van der Waals surface area contributed by atoms with Crippen molar-refractivity contribution in [3.8, 4) is 5.69 Å². The molecule has 8 nitrogen and oxygen atoms in total. The molecule has 27 heavy (non-hydrogen) atoms. The molecule has 0 bridgehead atoms. The quantitative estimate of drug-likeness (QED) is 0.759. The molecular formula is C18H21FN4O4. The lowest BCUT2D eigenvalue weighted by Gasteiger charge is -2.26. The fourth-order valence-corrected chi connectivity index (χ4v) is 2.60. The number of carbonyl (C=O) groups excluding carboxylic acids is 2. The lowest BCUT2D eigenvalue weighted by atomic mass is 10.2. The molecule has 1 aromatic heterocycles. The van der Waals surface area contributed by atoms with Gasteiger partial charge in [-0.15, -0.1) is 0 Å². The van der Waals surface area contributed by atoms with Crippen LogP contribution >= 0.6 is 0 Å². The number of carboxylic acids is 1. The third-order valence-electron chi connectivity index (χ3n) is 4.13. The van der Waals surface area contributed by atoms with E-state index in [4.69, 9.17) is 0 Å². The number of nitrogens with one attached hydrogen (secondary N) is 1. The Morgan fingerprint density at radius 1 is 1.33 bits per heavy atom. The Labute approximate surface area is 155 Å². The van der Waals surface area contributed by atoms with Gasteiger partial charge in [0, 0.05) is 20.0 Å². The van der Waals surface area contributed by atoms with E-state index in [1.54, 1.807) is 19.1 Å². The van der Waals surface area contributed by atoms with Gasteiger partial charge < -0.3 is 15.3 Å². The van der Waals surface area contributed by atoms with Gasteiger partial charge in [-0.3, -0.25) is 9.59 Å². The second kappa shape index (κ2) is 8.43. The Kier molecular flexibility index (Phi) is 6.27. The molecule has 144 valence electrons. The van der Waals surface area contributed by atoms with Gasteiger partial charge in [0.1, 0.15) is 17.5 Å². The van der Waals surface area contributed by atoms with Crippen LogP contribution in [-0.4, -0.2) is 56.7 Å². The fourth-order valence-electron chi connectivity index (χ4n) is 2.60. The number of carbonyl (C=O) groups is 3. The number of nitrogens with zero attached hydrogens (tertiary/aromatic N) is 3. The average molecular weight is 376 g/mol. The maximum atomic E-state index is 14.0. The van der Waals surface area contributed by atoms with Gasteiger partial charge in [0.15, 0.2) is 0 Å². The largest absolute Gasteiger partial charge is 0.480 e. The van der Waals surface area contributed by atoms with Gasteiger partial charge in [0.25, 0.3) is 5.91 Å². The number of benzene rings is 1. The fraction of sp³-hybridized carbons (Fsp3) is 0.333. The van der Waals surface area contributed by atoms with Crippen LogP contribution in [0.3, 0.4) is 0 Å². The molecular weight excluding hydrogens is 355 g/mol. The summed E-state index contributed by atoms with van der Waals surface area (Å²) < 4.78 is 15.3. The minimum absolute atomic E-state index is 0.0101. The number of rotatable bonds is 7. The first-order valence-corrected chi connectivity index (χ1v) is 8.31. The molecule has 1 aromatic carbocycles. The molecule has 0 saturated carbocycles. The Morgan fingerprint density at radius 3 is 2.59 bits per heavy atom. The zero-order valence-corrected chi connectivity index (χ0v) is 15.3. The van der Waals surface area contributed by atoms with Crippen molar-refractivity contribution in [1.82, 2.24) is 20.0 Å². The molecule has 2 rings (SSSR count). The third-order valence-corrected chi connectivity index (χ3v) is 4.13. The minimum atomic E-state index is -1.18. The highest BCUT2D eigenvalue weighted by molar-refractivity contribution is 5.97. The van der Waals surface area contributed by atoms with Crippen LogP contribution in [0.2, 0.25) is 0 Å². The normalized spacial score (nSPS) is 11.7. The van der Waals surface area contributed by atoms with E-state index in [2.05, 4.69) is 10.4 Å². The predicted octanol–water partition coefficient (Wildman–Crippen LogP) is 1.37. The molecule has 0 aliphatic carbocycles. The predicted molar refractivity (Wildman–Crippen MR) is 95.1 cm³/mol. The molecule has 0 aliphatic rings. The highest BCUT2D eigenvalue weighted by atomic mass is 19.1. The lowest BCUT2D eigenvalue weighted by Crippen LogP contribution is -2.46. The Morgan fingerprint density at radius 2 is 2.00 bits per heavy atom. The average Bonchev–Trinajstić information content (AvgIpc) is 2.99. The highest BCUT2D eigenvalue weighted by Crippen LogP contribution is 2.19. The molecule has 0 saturated heterocycles. The number of hydrogen-bond donors (Lipinski definition) is 2. The van der Waals surface area contributed by atoms with Crippen LogP contribution in [-0.2, 0) is 9.59 Å². The van der Waals surface area contributed by atoms with Crippen molar-refractivity contribution >= 4 is 17.8 Å². The van der Waals surface area contributed by atoms with Crippen LogP contribution in [0, 0.1) is 12.7 Å². The summed E-state index contributed by atoms with van der Waals surface area (Å²) in [6.07, 6.45) is 1.28. The van der Waals surface area contributed by atoms with Crippen molar-refractivity contribution in [1.29, 1.82) is 0 Å². The van der Waals surface area contributed by atoms with Crippen molar-refractivity contribution in [3.05, 3.63) is 47.5 Å². The maximum absolute atomic E-state index is 14.0. The van der Waals surface area contributed by atoms with Crippen LogP contribution in [0.1, 0.15) is 29.9 Å². The molecule has 0 aliphatic heterocycles. The number of aromatic nitrogens is 2. The minimum Gasteiger partial charge on any atom is -0.480 e. The highest BCUT2D eigenvalue weighted by Gasteiger charge is 2.29. The van der Waals surface area contributed by atoms with E-state index < -0.39 is 23.7 Å². The Balaban J connectivity index is 2.33. The molecule has 2 aromatic rings. The van der Waals surface area contributed by atoms with E-state index in [1.165, 1.54) is 36.9 Å². The monoisotopic (exact) mass is 376 g/mol. The van der Waals surface area contributed by atoms with Crippen molar-refractivity contribution in [2.75, 3.05) is 13.1 Å². The number of hydrogen-bond acceptors (Lipinski definition) is 4. The van der Waals surface area contributed by atoms with Gasteiger partial charge >= 0.3 is 5.97 Å². The SMILES string of the molecule is CC(=O)NCCN(C(=O)c1cnn(-c2ccccc2F)c1C)C(C)C(=O)O. The first-order chi connectivity index (χ1) is 12.7. The van der Waals surface area contributed by atoms with Gasteiger partial charge in [-0.2, -0.15) is 5.10 Å². The second-order valence-electron chi connectivity index (χ2n) is 6.00. The zero-order valence-electron chi connectivity index (χ0n) is 15.3. The van der Waals surface area contributed by atoms with Gasteiger partial charge in [-0.1, -0.05) is 12.1 Å². The summed E-state index contributed by atoms with van der Waals surface area (Å²) in [6.45, 7) is 4.43. The number of para-hydroxylation sites is 1. The van der Waals surface area contributed by atoms with Crippen molar-refractivity contribution < 1.29 is 23.9 Å². The molecule has 1 unspecified atom stereocenters. The molecule has 2 N–H and O–H groups in total. The summed E-state index contributed by atoms with van der Waals surface area (Å²) in [4.78, 5) is 36.5. The molecule has 0 fully saturated rings. The summed E-state index contributed by atoms with van der Waals surface area (Å²) in [5.74, 6) is -2.52. The van der Waals surface area contributed by atoms with Crippen molar-refractivity contribution in [2.24, 2.45) is 0 Å². The van der Waals surface area contributed by atoms with E-state index in [9.17, 15) is 23.9 Å². The Bertz CT molecular complexity index is 865. The number of aliphatic carboxylic acids is 1. The third kappa shape index (κ3) is 4.49. The number of halogens is 1. The van der Waals surface area contributed by atoms with E-state index in [-0.39, 0.29) is 30.2 Å². The maximum Gasteiger partial charge on any atom is 0.326 e. The van der Waals surface area contributed by atoms with Gasteiger partial charge in [0.2, 0.25) is 5.91 Å². The Hall–Kier alpha value is -3.23. The first kappa shape index (κ1) is 20.1. The number of carboxylic acid groups (broad SMARTS) is 1. The van der Waals surface area contributed by atoms with Crippen LogP contribution in [0.4, 0.5) is 4.39 Å². The molecule has 2 amide bonds. The van der Waals surface area contributed by atoms with Crippen LogP contribution in [0.15, 0.2) is 30.5 Å². The summed E-state index contributed by atoms with van der Waals surface area (Å²) >= 11 is 0. The van der Waals surface area contributed by atoms with E-state index >= 15 is 0 Å². The summed E-state index contributed by atoms with van der Waals surface area (Å²) in [5, 5.41) is 15.9. The molecule has 1 heterocycles. The van der Waals surface area contributed by atoms with Crippen molar-refractivity contribution in [3.63, 3.8) is 0 Å². The number of amides is 2. The molecule has 9 heteroatoms. The van der Waals surface area contributed by atoms with E-state index in [0.717, 1.165) is 4.90 Å². The van der Waals surface area contributed by atoms with Gasteiger partial charge in [-0.25, -0.2) is 13.9 Å². The topological polar surface area (TPSA) is 105 Å². The van der Waals surface area contributed by atoms with E-state index in [0.29, 0.717) is 5.69 Å². The van der Waals surface area contributed by atoms with Gasteiger partial charge in [-0.05, 0) is 26.0 Å². The molecule has 1 atom stereocenters. The lowest BCUT2D eigenvalue weighted by molar-refractivity contribution is -0.141. The van der Waals surface area contributed by atoms with Crippen LogP contribution in [0.25, 0.3) is 5.69 Å². The molecule has 0 radical (unpaired) electrons. The van der Waals surface area contributed by atoms with Crippen molar-refractivity contribution in [2.45, 2.75) is 26.8 Å². The summed E-state index contributed by atoms with van der Waals surface area (Å²) in [5.41, 5.74) is 0.728. The second-order valence-corrected chi connectivity index (χ2v) is 6.00. The first-order valence-electron chi connectivity index (χ1n) is 8.31. The standard InChI is InChI=1S/C18H21FN4O4/c1-11-14(10-21-23(11)16-7-5-4-6-15(16)19)17(25)22(12(2)18(26)27)9-8-20-13(3)24/h4-7,10,12H,8-9H2,1-3H3,(H,20,24)(H,26,27). The smallest absolute Gasteiger partial charge is 0.326 e. The summed E-state index contributed by atoms with van der Waals surface area (Å²) in [7, 11) is 0. The summed E-state index contributed by atoms with van der Waals surface area (Å²) in [6, 6.07) is 4.89. The van der Waals surface area contributed by atoms with E-state index in [1.807, 2.05) is 0 Å². The molecule has 0 spiro atoms. The van der Waals surface area contributed by atoms with Crippen LogP contribution in [0.5, 0.6) is 0 Å². The van der Waals surface area contributed by atoms with Gasteiger partial charge in [0.05, 0.1) is 17.5 Å².